The Morgan fingerprint density at radius 3 is 2.57 bits per heavy atom. The minimum Gasteiger partial charge on any atom is -0.390 e. The van der Waals surface area contributed by atoms with Gasteiger partial charge in [0, 0.05) is 5.56 Å². The molecule has 1 heterocycles. The van der Waals surface area contributed by atoms with Gasteiger partial charge in [-0.05, 0) is 0 Å². The Morgan fingerprint density at radius 2 is 1.93 bits per heavy atom. The van der Waals surface area contributed by atoms with Crippen molar-refractivity contribution in [3.05, 3.63) is 47.5 Å². The highest BCUT2D eigenvalue weighted by molar-refractivity contribution is 6.13. The van der Waals surface area contributed by atoms with Gasteiger partial charge in [-0.15, -0.1) is 0 Å². The van der Waals surface area contributed by atoms with E-state index in [2.05, 4.69) is 9.99 Å². The maximum absolute atomic E-state index is 12.4. The molecule has 0 amide bonds. The molecule has 2 rings (SSSR count). The third-order valence-corrected chi connectivity index (χ3v) is 1.93. The molecule has 0 atom stereocenters. The van der Waals surface area contributed by atoms with Crippen molar-refractivity contribution in [1.29, 1.82) is 0 Å². The third-order valence-electron chi connectivity index (χ3n) is 1.93. The molecular formula is C10H7F2NO. The summed E-state index contributed by atoms with van der Waals surface area (Å²) in [6, 6.07) is 8.79. The van der Waals surface area contributed by atoms with Crippen LogP contribution in [0.25, 0.3) is 0 Å². The fourth-order valence-corrected chi connectivity index (χ4v) is 1.25. The van der Waals surface area contributed by atoms with Gasteiger partial charge in [0.05, 0.1) is 5.57 Å². The predicted molar refractivity (Wildman–Crippen MR) is 48.2 cm³/mol. The van der Waals surface area contributed by atoms with Gasteiger partial charge in [-0.25, -0.2) is 0 Å². The van der Waals surface area contributed by atoms with E-state index in [4.69, 9.17) is 0 Å². The number of rotatable bonds is 1. The molecule has 1 aliphatic heterocycles. The van der Waals surface area contributed by atoms with E-state index in [1.807, 2.05) is 6.07 Å². The van der Waals surface area contributed by atoms with Gasteiger partial charge in [0.1, 0.15) is 12.3 Å². The Labute approximate surface area is 79.5 Å². The topological polar surface area (TPSA) is 21.6 Å². The molecule has 0 fully saturated rings. The molecule has 72 valence electrons. The summed E-state index contributed by atoms with van der Waals surface area (Å²) in [4.78, 5) is 4.64. The van der Waals surface area contributed by atoms with E-state index in [1.54, 1.807) is 24.3 Å². The lowest BCUT2D eigenvalue weighted by atomic mass is 10.1. The smallest absolute Gasteiger partial charge is 0.279 e. The van der Waals surface area contributed by atoms with Crippen LogP contribution in [0.3, 0.4) is 0 Å². The van der Waals surface area contributed by atoms with Gasteiger partial charge >= 0.3 is 0 Å². The highest BCUT2D eigenvalue weighted by Crippen LogP contribution is 2.20. The molecule has 4 heteroatoms. The minimum atomic E-state index is -1.73. The van der Waals surface area contributed by atoms with Crippen LogP contribution in [0, 0.1) is 0 Å². The Balaban J connectivity index is 2.41. The monoisotopic (exact) mass is 195 g/mol. The van der Waals surface area contributed by atoms with Crippen molar-refractivity contribution in [3.8, 4) is 0 Å². The standard InChI is InChI=1S/C10H7F2NO/c11-10(12)8-6-14-13-9(8)7-4-2-1-3-5-7/h1-5H,6H2. The lowest BCUT2D eigenvalue weighted by Gasteiger charge is -1.98. The van der Waals surface area contributed by atoms with Crippen LogP contribution in [0.5, 0.6) is 0 Å². The summed E-state index contributed by atoms with van der Waals surface area (Å²) in [7, 11) is 0. The average Bonchev–Trinajstić information content (AvgIpc) is 2.67. The molecule has 0 bridgehead atoms. The summed E-state index contributed by atoms with van der Waals surface area (Å²) in [6.07, 6.45) is -1.73. The maximum atomic E-state index is 12.4. The fourth-order valence-electron chi connectivity index (χ4n) is 1.25. The summed E-state index contributed by atoms with van der Waals surface area (Å²) < 4.78 is 24.8. The third kappa shape index (κ3) is 1.51. The second-order valence-corrected chi connectivity index (χ2v) is 2.82. The van der Waals surface area contributed by atoms with Crippen LogP contribution in [0.1, 0.15) is 5.56 Å². The summed E-state index contributed by atoms with van der Waals surface area (Å²) >= 11 is 0. The molecule has 0 saturated heterocycles. The van der Waals surface area contributed by atoms with Gasteiger partial charge in [-0.3, -0.25) is 0 Å². The van der Waals surface area contributed by atoms with E-state index in [1.165, 1.54) is 0 Å². The predicted octanol–water partition coefficient (Wildman–Crippen LogP) is 2.57. The van der Waals surface area contributed by atoms with Crippen LogP contribution in [0.2, 0.25) is 0 Å². The SMILES string of the molecule is FC(F)=C1CON=C1c1ccccc1. The van der Waals surface area contributed by atoms with Crippen LogP contribution in [0.4, 0.5) is 8.78 Å². The molecule has 0 radical (unpaired) electrons. The van der Waals surface area contributed by atoms with Crippen LogP contribution >= 0.6 is 0 Å². The summed E-state index contributed by atoms with van der Waals surface area (Å²) in [6.45, 7) is -0.146. The van der Waals surface area contributed by atoms with Crippen molar-refractivity contribution in [2.24, 2.45) is 5.16 Å². The molecule has 0 unspecified atom stereocenters. The first-order valence-corrected chi connectivity index (χ1v) is 4.09. The average molecular weight is 195 g/mol. The number of oxime groups is 1. The van der Waals surface area contributed by atoms with Gasteiger partial charge < -0.3 is 4.84 Å². The Bertz CT molecular complexity index is 394. The van der Waals surface area contributed by atoms with E-state index >= 15 is 0 Å². The maximum Gasteiger partial charge on any atom is 0.279 e. The van der Waals surface area contributed by atoms with Gasteiger partial charge in [-0.1, -0.05) is 35.5 Å². The lowest BCUT2D eigenvalue weighted by molar-refractivity contribution is 0.184. The molecule has 0 N–H and O–H groups in total. The van der Waals surface area contributed by atoms with Gasteiger partial charge in [0.25, 0.3) is 6.08 Å². The molecule has 1 aromatic rings. The fraction of sp³-hybridized carbons (Fsp3) is 0.100. The molecule has 0 spiro atoms. The first-order chi connectivity index (χ1) is 6.79. The second kappa shape index (κ2) is 3.57. The van der Waals surface area contributed by atoms with Crippen LogP contribution in [-0.4, -0.2) is 12.3 Å². The molecule has 1 aromatic carbocycles. The van der Waals surface area contributed by atoms with Crippen LogP contribution < -0.4 is 0 Å². The van der Waals surface area contributed by atoms with E-state index < -0.39 is 6.08 Å². The van der Waals surface area contributed by atoms with Crippen molar-refractivity contribution in [2.75, 3.05) is 6.61 Å². The van der Waals surface area contributed by atoms with E-state index in [0.29, 0.717) is 5.56 Å². The van der Waals surface area contributed by atoms with Crippen LogP contribution in [0.15, 0.2) is 47.1 Å². The summed E-state index contributed by atoms with van der Waals surface area (Å²) in [5.41, 5.74) is 0.745. The van der Waals surface area contributed by atoms with Crippen molar-refractivity contribution in [3.63, 3.8) is 0 Å². The lowest BCUT2D eigenvalue weighted by Crippen LogP contribution is -2.02. The Morgan fingerprint density at radius 1 is 1.21 bits per heavy atom. The number of benzene rings is 1. The number of hydrogen-bond acceptors (Lipinski definition) is 2. The van der Waals surface area contributed by atoms with E-state index in [-0.39, 0.29) is 17.9 Å². The molecule has 2 nitrogen and oxygen atoms in total. The molecular weight excluding hydrogens is 188 g/mol. The largest absolute Gasteiger partial charge is 0.390 e. The first kappa shape index (κ1) is 8.87. The Hall–Kier alpha value is -1.71. The first-order valence-electron chi connectivity index (χ1n) is 4.09. The number of nitrogens with zero attached hydrogens (tertiary/aromatic N) is 1. The molecule has 0 saturated carbocycles. The van der Waals surface area contributed by atoms with E-state index in [0.717, 1.165) is 0 Å². The second-order valence-electron chi connectivity index (χ2n) is 2.82. The number of halogens is 2. The summed E-state index contributed by atoms with van der Waals surface area (Å²) in [5, 5.41) is 3.59. The Kier molecular flexibility index (Phi) is 2.26. The normalized spacial score (nSPS) is 15.0. The highest BCUT2D eigenvalue weighted by atomic mass is 19.3. The van der Waals surface area contributed by atoms with E-state index in [9.17, 15) is 8.78 Å². The highest BCUT2D eigenvalue weighted by Gasteiger charge is 2.22. The molecule has 0 aliphatic carbocycles. The zero-order valence-electron chi connectivity index (χ0n) is 7.21. The molecule has 1 aliphatic rings. The van der Waals surface area contributed by atoms with Crippen molar-refractivity contribution in [1.82, 2.24) is 0 Å². The van der Waals surface area contributed by atoms with Gasteiger partial charge in [0.2, 0.25) is 0 Å². The zero-order chi connectivity index (χ0) is 9.97. The van der Waals surface area contributed by atoms with Crippen molar-refractivity contribution >= 4 is 5.71 Å². The summed E-state index contributed by atoms with van der Waals surface area (Å²) in [5.74, 6) is 0. The molecule has 0 aromatic heterocycles. The number of hydrogen-bond donors (Lipinski definition) is 0. The quantitative estimate of drug-likeness (QED) is 0.674. The zero-order valence-corrected chi connectivity index (χ0v) is 7.21. The molecule has 14 heavy (non-hydrogen) atoms. The minimum absolute atomic E-state index is 0.129. The van der Waals surface area contributed by atoms with Crippen molar-refractivity contribution in [2.45, 2.75) is 0 Å². The van der Waals surface area contributed by atoms with Crippen molar-refractivity contribution < 1.29 is 13.6 Å². The van der Waals surface area contributed by atoms with Gasteiger partial charge in [0.15, 0.2) is 0 Å². The van der Waals surface area contributed by atoms with Gasteiger partial charge in [-0.2, -0.15) is 8.78 Å². The van der Waals surface area contributed by atoms with Crippen LogP contribution in [-0.2, 0) is 4.84 Å².